The predicted molar refractivity (Wildman–Crippen MR) is 147 cm³/mol. The van der Waals surface area contributed by atoms with Crippen LogP contribution in [0.5, 0.6) is 0 Å². The topological polar surface area (TPSA) is 106 Å². The summed E-state index contributed by atoms with van der Waals surface area (Å²) in [6.45, 7) is 4.08. The number of ether oxygens (including phenoxy) is 2. The van der Waals surface area contributed by atoms with Gasteiger partial charge in [-0.15, -0.1) is 10.2 Å². The van der Waals surface area contributed by atoms with Gasteiger partial charge < -0.3 is 19.9 Å². The highest BCUT2D eigenvalue weighted by Gasteiger charge is 2.38. The number of nitrogens with zero attached hydrogens (tertiary/aromatic N) is 3. The van der Waals surface area contributed by atoms with Gasteiger partial charge in [-0.25, -0.2) is 0 Å². The zero-order valence-corrected chi connectivity index (χ0v) is 22.6. The van der Waals surface area contributed by atoms with Crippen molar-refractivity contribution in [3.05, 3.63) is 100 Å². The molecule has 3 heterocycles. The SMILES string of the molecule is Cc1nnc(SCC2OC(c3ccc(NC(=O)c4cccnc4)cc3)OC(c3ccc(CO)cc3)C2C)s1. The van der Waals surface area contributed by atoms with Crippen molar-refractivity contribution in [3.63, 3.8) is 0 Å². The second kappa shape index (κ2) is 12.1. The van der Waals surface area contributed by atoms with Crippen LogP contribution in [0.3, 0.4) is 0 Å². The fourth-order valence-corrected chi connectivity index (χ4v) is 6.23. The minimum Gasteiger partial charge on any atom is -0.392 e. The number of anilines is 1. The van der Waals surface area contributed by atoms with Crippen LogP contribution >= 0.6 is 23.1 Å². The van der Waals surface area contributed by atoms with Gasteiger partial charge in [-0.1, -0.05) is 66.4 Å². The molecule has 1 aliphatic rings. The van der Waals surface area contributed by atoms with Gasteiger partial charge in [-0.2, -0.15) is 0 Å². The van der Waals surface area contributed by atoms with E-state index >= 15 is 0 Å². The number of nitrogens with one attached hydrogen (secondary N) is 1. The number of hydrogen-bond donors (Lipinski definition) is 2. The van der Waals surface area contributed by atoms with Crippen molar-refractivity contribution in [1.29, 1.82) is 0 Å². The molecule has 2 aromatic heterocycles. The number of pyridine rings is 1. The monoisotopic (exact) mass is 548 g/mol. The maximum atomic E-state index is 12.5. The lowest BCUT2D eigenvalue weighted by Crippen LogP contribution is -2.38. The normalized spacial score (nSPS) is 21.2. The molecule has 0 aliphatic carbocycles. The van der Waals surface area contributed by atoms with Gasteiger partial charge in [-0.05, 0) is 42.3 Å². The van der Waals surface area contributed by atoms with E-state index in [1.54, 1.807) is 41.4 Å². The van der Waals surface area contributed by atoms with Gasteiger partial charge in [0.05, 0.1) is 24.4 Å². The number of thioether (sulfide) groups is 1. The zero-order chi connectivity index (χ0) is 26.5. The summed E-state index contributed by atoms with van der Waals surface area (Å²) in [5.41, 5.74) is 3.90. The van der Waals surface area contributed by atoms with Crippen molar-refractivity contribution in [2.75, 3.05) is 11.1 Å². The first kappa shape index (κ1) is 26.5. The molecule has 10 heteroatoms. The molecule has 196 valence electrons. The number of aliphatic hydroxyl groups is 1. The lowest BCUT2D eigenvalue weighted by molar-refractivity contribution is -0.268. The molecule has 4 aromatic rings. The highest BCUT2D eigenvalue weighted by atomic mass is 32.2. The molecule has 8 nitrogen and oxygen atoms in total. The van der Waals surface area contributed by atoms with Gasteiger partial charge in [0.25, 0.3) is 5.91 Å². The van der Waals surface area contributed by atoms with E-state index < -0.39 is 6.29 Å². The van der Waals surface area contributed by atoms with E-state index in [2.05, 4.69) is 27.4 Å². The molecule has 2 aromatic carbocycles. The summed E-state index contributed by atoms with van der Waals surface area (Å²) in [6, 6.07) is 18.8. The van der Waals surface area contributed by atoms with Gasteiger partial charge in [-0.3, -0.25) is 9.78 Å². The van der Waals surface area contributed by atoms with E-state index in [1.807, 2.05) is 55.5 Å². The van der Waals surface area contributed by atoms with Crippen molar-refractivity contribution >= 4 is 34.7 Å². The number of amides is 1. The fourth-order valence-electron chi connectivity index (χ4n) is 4.22. The van der Waals surface area contributed by atoms with Crippen molar-refractivity contribution in [3.8, 4) is 0 Å². The average molecular weight is 549 g/mol. The number of carbonyl (C=O) groups is 1. The fraction of sp³-hybridized carbons (Fsp3) is 0.286. The molecule has 1 fully saturated rings. The third-order valence-corrected chi connectivity index (χ3v) is 8.43. The first-order valence-corrected chi connectivity index (χ1v) is 14.0. The van der Waals surface area contributed by atoms with E-state index in [4.69, 9.17) is 9.47 Å². The van der Waals surface area contributed by atoms with Gasteiger partial charge in [0.2, 0.25) is 0 Å². The summed E-state index contributed by atoms with van der Waals surface area (Å²) in [4.78, 5) is 16.5. The number of hydrogen-bond acceptors (Lipinski definition) is 9. The molecule has 0 radical (unpaired) electrons. The summed E-state index contributed by atoms with van der Waals surface area (Å²) >= 11 is 3.21. The van der Waals surface area contributed by atoms with Gasteiger partial charge in [0, 0.05) is 35.3 Å². The molecule has 1 saturated heterocycles. The minimum absolute atomic E-state index is 0.00268. The summed E-state index contributed by atoms with van der Waals surface area (Å²) in [7, 11) is 0. The van der Waals surface area contributed by atoms with Crippen molar-refractivity contribution < 1.29 is 19.4 Å². The summed E-state index contributed by atoms with van der Waals surface area (Å²) < 4.78 is 13.9. The van der Waals surface area contributed by atoms with Crippen LogP contribution in [-0.2, 0) is 16.1 Å². The molecule has 0 bridgehead atoms. The molecule has 2 N–H and O–H groups in total. The molecular weight excluding hydrogens is 520 g/mol. The van der Waals surface area contributed by atoms with E-state index in [0.29, 0.717) is 17.0 Å². The average Bonchev–Trinajstić information content (AvgIpc) is 3.38. The van der Waals surface area contributed by atoms with Crippen LogP contribution in [0.4, 0.5) is 5.69 Å². The molecule has 4 unspecified atom stereocenters. The number of aryl methyl sites for hydroxylation is 1. The van der Waals surface area contributed by atoms with Crippen LogP contribution in [0, 0.1) is 12.8 Å². The number of benzene rings is 2. The maximum Gasteiger partial charge on any atom is 0.257 e. The molecule has 0 saturated carbocycles. The largest absolute Gasteiger partial charge is 0.392 e. The van der Waals surface area contributed by atoms with E-state index in [9.17, 15) is 9.90 Å². The number of aliphatic hydroxyl groups excluding tert-OH is 1. The van der Waals surface area contributed by atoms with Crippen molar-refractivity contribution in [2.45, 2.75) is 43.3 Å². The standard InChI is InChI=1S/C28H28N4O4S2/c1-17-24(16-37-28-32-31-18(2)38-28)35-27(36-25(17)20-7-5-19(15-33)6-8-20)21-9-11-23(12-10-21)30-26(34)22-4-3-13-29-14-22/h3-14,17,24-25,27,33H,15-16H2,1-2H3,(H,30,34). The lowest BCUT2D eigenvalue weighted by Gasteiger charge is -2.41. The van der Waals surface area contributed by atoms with Crippen LogP contribution in [0.25, 0.3) is 0 Å². The van der Waals surface area contributed by atoms with E-state index in [1.165, 1.54) is 6.20 Å². The number of carbonyl (C=O) groups excluding carboxylic acids is 1. The summed E-state index contributed by atoms with van der Waals surface area (Å²) in [5.74, 6) is 0.561. The van der Waals surface area contributed by atoms with Gasteiger partial charge in [0.15, 0.2) is 10.6 Å². The smallest absolute Gasteiger partial charge is 0.257 e. The van der Waals surface area contributed by atoms with Crippen LogP contribution in [0.15, 0.2) is 77.4 Å². The van der Waals surface area contributed by atoms with Crippen molar-refractivity contribution in [2.24, 2.45) is 5.92 Å². The second-order valence-corrected chi connectivity index (χ2v) is 11.5. The van der Waals surface area contributed by atoms with Crippen LogP contribution in [-0.4, -0.2) is 38.1 Å². The Hall–Kier alpha value is -3.15. The zero-order valence-electron chi connectivity index (χ0n) is 21.0. The van der Waals surface area contributed by atoms with Gasteiger partial charge >= 0.3 is 0 Å². The number of rotatable bonds is 8. The molecule has 1 aliphatic heterocycles. The first-order chi connectivity index (χ1) is 18.5. The quantitative estimate of drug-likeness (QED) is 0.275. The molecule has 38 heavy (non-hydrogen) atoms. The molecule has 5 rings (SSSR count). The lowest BCUT2D eigenvalue weighted by atomic mass is 9.91. The van der Waals surface area contributed by atoms with Crippen LogP contribution in [0.2, 0.25) is 0 Å². The Morgan fingerprint density at radius 2 is 1.82 bits per heavy atom. The molecule has 0 spiro atoms. The number of aromatic nitrogens is 3. The third kappa shape index (κ3) is 6.28. The Labute approximate surface area is 229 Å². The highest BCUT2D eigenvalue weighted by molar-refractivity contribution is 8.01. The molecule has 4 atom stereocenters. The van der Waals surface area contributed by atoms with Crippen LogP contribution < -0.4 is 5.32 Å². The van der Waals surface area contributed by atoms with Crippen molar-refractivity contribution in [1.82, 2.24) is 15.2 Å². The van der Waals surface area contributed by atoms with Crippen LogP contribution in [0.1, 0.15) is 51.4 Å². The maximum absolute atomic E-state index is 12.5. The predicted octanol–water partition coefficient (Wildman–Crippen LogP) is 5.57. The van der Waals surface area contributed by atoms with Gasteiger partial charge in [0.1, 0.15) is 5.01 Å². The second-order valence-electron chi connectivity index (χ2n) is 9.04. The Morgan fingerprint density at radius 3 is 2.47 bits per heavy atom. The van der Waals surface area contributed by atoms with E-state index in [-0.39, 0.29) is 30.6 Å². The Kier molecular flexibility index (Phi) is 8.45. The Bertz CT molecular complexity index is 1350. The summed E-state index contributed by atoms with van der Waals surface area (Å²) in [5, 5.41) is 21.6. The van der Waals surface area contributed by atoms with E-state index in [0.717, 1.165) is 26.0 Å². The molecular formula is C28H28N4O4S2. The highest BCUT2D eigenvalue weighted by Crippen LogP contribution is 2.43. The molecule has 1 amide bonds. The Balaban J connectivity index is 1.34. The minimum atomic E-state index is -0.585. The third-order valence-electron chi connectivity index (χ3n) is 6.37. The summed E-state index contributed by atoms with van der Waals surface area (Å²) in [6.07, 6.45) is 2.27. The Morgan fingerprint density at radius 1 is 1.05 bits per heavy atom. The first-order valence-electron chi connectivity index (χ1n) is 12.2.